The molecule has 0 saturated carbocycles. The lowest BCUT2D eigenvalue weighted by Crippen LogP contribution is -2.51. The van der Waals surface area contributed by atoms with E-state index in [1.165, 1.54) is 6.26 Å². The van der Waals surface area contributed by atoms with Gasteiger partial charge in [-0.25, -0.2) is 8.42 Å². The van der Waals surface area contributed by atoms with Gasteiger partial charge in [-0.15, -0.1) is 11.3 Å². The summed E-state index contributed by atoms with van der Waals surface area (Å²) in [5.41, 5.74) is 1.76. The van der Waals surface area contributed by atoms with Crippen molar-refractivity contribution < 1.29 is 8.42 Å². The Labute approximate surface area is 101 Å². The highest BCUT2D eigenvalue weighted by Gasteiger charge is 2.38. The van der Waals surface area contributed by atoms with Crippen molar-refractivity contribution in [2.75, 3.05) is 13.3 Å². The van der Waals surface area contributed by atoms with Crippen LogP contribution in [0.5, 0.6) is 0 Å². The summed E-state index contributed by atoms with van der Waals surface area (Å²) < 4.78 is 22.7. The molecule has 1 rings (SSSR count). The molecule has 6 heteroatoms. The van der Waals surface area contributed by atoms with Gasteiger partial charge in [0.05, 0.1) is 10.3 Å². The molecule has 1 atom stereocenters. The Balaban J connectivity index is 2.91. The predicted octanol–water partition coefficient (Wildman–Crippen LogP) is 1.10. The smallest absolute Gasteiger partial charge is 0.154 e. The van der Waals surface area contributed by atoms with Crippen LogP contribution in [0.3, 0.4) is 0 Å². The SMILES string of the molecule is CNC(Cc1cncs1)C(C)(C)S(C)(=O)=O. The second kappa shape index (κ2) is 4.81. The van der Waals surface area contributed by atoms with Gasteiger partial charge in [0.25, 0.3) is 0 Å². The first-order chi connectivity index (χ1) is 7.29. The fraction of sp³-hybridized carbons (Fsp3) is 0.700. The molecule has 1 unspecified atom stereocenters. The molecule has 0 aliphatic heterocycles. The second-order valence-electron chi connectivity index (χ2n) is 4.39. The average Bonchev–Trinajstić information content (AvgIpc) is 2.64. The van der Waals surface area contributed by atoms with E-state index in [1.54, 1.807) is 43.9 Å². The van der Waals surface area contributed by atoms with E-state index in [4.69, 9.17) is 0 Å². The zero-order valence-corrected chi connectivity index (χ0v) is 11.7. The van der Waals surface area contributed by atoms with Gasteiger partial charge in [-0.05, 0) is 20.9 Å². The van der Waals surface area contributed by atoms with Gasteiger partial charge in [0.2, 0.25) is 0 Å². The molecular formula is C10H18N2O2S2. The first kappa shape index (κ1) is 13.6. The summed E-state index contributed by atoms with van der Waals surface area (Å²) in [5.74, 6) is 0. The third kappa shape index (κ3) is 2.81. The summed E-state index contributed by atoms with van der Waals surface area (Å²) in [7, 11) is -1.30. The van der Waals surface area contributed by atoms with Gasteiger partial charge in [0.1, 0.15) is 0 Å². The van der Waals surface area contributed by atoms with Gasteiger partial charge in [-0.3, -0.25) is 4.98 Å². The molecule has 0 fully saturated rings. The van der Waals surface area contributed by atoms with E-state index >= 15 is 0 Å². The number of nitrogens with zero attached hydrogens (tertiary/aromatic N) is 1. The van der Waals surface area contributed by atoms with Crippen LogP contribution in [0.2, 0.25) is 0 Å². The molecular weight excluding hydrogens is 244 g/mol. The number of likely N-dealkylation sites (N-methyl/N-ethyl adjacent to an activating group) is 1. The van der Waals surface area contributed by atoms with E-state index in [0.29, 0.717) is 6.42 Å². The topological polar surface area (TPSA) is 59.1 Å². The van der Waals surface area contributed by atoms with Crippen molar-refractivity contribution in [2.24, 2.45) is 0 Å². The molecule has 1 aromatic heterocycles. The minimum Gasteiger partial charge on any atom is -0.315 e. The molecule has 92 valence electrons. The van der Waals surface area contributed by atoms with Crippen LogP contribution in [0, 0.1) is 0 Å². The summed E-state index contributed by atoms with van der Waals surface area (Å²) in [5, 5.41) is 3.09. The van der Waals surface area contributed by atoms with Crippen LogP contribution >= 0.6 is 11.3 Å². The number of thiazole rings is 1. The van der Waals surface area contributed by atoms with Crippen molar-refractivity contribution in [3.63, 3.8) is 0 Å². The van der Waals surface area contributed by atoms with Crippen molar-refractivity contribution in [3.8, 4) is 0 Å². The predicted molar refractivity (Wildman–Crippen MR) is 67.6 cm³/mol. The minimum absolute atomic E-state index is 0.108. The lowest BCUT2D eigenvalue weighted by atomic mass is 9.99. The molecule has 1 N–H and O–H groups in total. The van der Waals surface area contributed by atoms with Gasteiger partial charge >= 0.3 is 0 Å². The van der Waals surface area contributed by atoms with Crippen molar-refractivity contribution in [3.05, 3.63) is 16.6 Å². The van der Waals surface area contributed by atoms with Gasteiger partial charge in [0, 0.05) is 29.8 Å². The van der Waals surface area contributed by atoms with Crippen LogP contribution in [0.1, 0.15) is 18.7 Å². The number of hydrogen-bond donors (Lipinski definition) is 1. The number of hydrogen-bond acceptors (Lipinski definition) is 5. The molecule has 0 bridgehead atoms. The monoisotopic (exact) mass is 262 g/mol. The zero-order chi connectivity index (χ0) is 12.4. The molecule has 0 aliphatic rings. The van der Waals surface area contributed by atoms with Gasteiger partial charge in [-0.2, -0.15) is 0 Å². The quantitative estimate of drug-likeness (QED) is 0.863. The van der Waals surface area contributed by atoms with Crippen LogP contribution in [0.15, 0.2) is 11.7 Å². The maximum atomic E-state index is 11.7. The van der Waals surface area contributed by atoms with Crippen LogP contribution in [-0.4, -0.2) is 37.5 Å². The normalized spacial score (nSPS) is 15.0. The highest BCUT2D eigenvalue weighted by Crippen LogP contribution is 2.23. The Hall–Kier alpha value is -0.460. The third-order valence-electron chi connectivity index (χ3n) is 3.03. The highest BCUT2D eigenvalue weighted by molar-refractivity contribution is 7.92. The summed E-state index contributed by atoms with van der Waals surface area (Å²) >= 11 is 1.55. The number of sulfone groups is 1. The lowest BCUT2D eigenvalue weighted by Gasteiger charge is -2.32. The van der Waals surface area contributed by atoms with Crippen LogP contribution in [0.4, 0.5) is 0 Å². The lowest BCUT2D eigenvalue weighted by molar-refractivity contribution is 0.432. The van der Waals surface area contributed by atoms with Crippen molar-refractivity contribution in [2.45, 2.75) is 31.1 Å². The third-order valence-corrected chi connectivity index (χ3v) is 6.03. The molecule has 0 aromatic carbocycles. The maximum Gasteiger partial charge on any atom is 0.154 e. The van der Waals surface area contributed by atoms with Crippen LogP contribution < -0.4 is 5.32 Å². The van der Waals surface area contributed by atoms with E-state index < -0.39 is 14.6 Å². The summed E-state index contributed by atoms with van der Waals surface area (Å²) in [4.78, 5) is 5.09. The highest BCUT2D eigenvalue weighted by atomic mass is 32.2. The molecule has 0 saturated heterocycles. The van der Waals surface area contributed by atoms with E-state index in [9.17, 15) is 8.42 Å². The molecule has 16 heavy (non-hydrogen) atoms. The Bertz CT molecular complexity index is 424. The van der Waals surface area contributed by atoms with E-state index in [0.717, 1.165) is 4.88 Å². The van der Waals surface area contributed by atoms with Crippen LogP contribution in [0.25, 0.3) is 0 Å². The Morgan fingerprint density at radius 1 is 1.56 bits per heavy atom. The standard InChI is InChI=1S/C10H18N2O2S2/c1-10(2,16(4,13)14)9(11-3)5-8-6-12-7-15-8/h6-7,9,11H,5H2,1-4H3. The molecule has 1 aromatic rings. The fourth-order valence-electron chi connectivity index (χ4n) is 1.50. The second-order valence-corrected chi connectivity index (χ2v) is 7.96. The Morgan fingerprint density at radius 2 is 2.19 bits per heavy atom. The Morgan fingerprint density at radius 3 is 2.56 bits per heavy atom. The van der Waals surface area contributed by atoms with Crippen molar-refractivity contribution in [1.82, 2.24) is 10.3 Å². The molecule has 0 aliphatic carbocycles. The number of aromatic nitrogens is 1. The zero-order valence-electron chi connectivity index (χ0n) is 10.0. The van der Waals surface area contributed by atoms with E-state index in [1.807, 2.05) is 0 Å². The van der Waals surface area contributed by atoms with Crippen LogP contribution in [-0.2, 0) is 16.3 Å². The summed E-state index contributed by atoms with van der Waals surface area (Å²) in [6, 6.07) is -0.108. The molecule has 0 radical (unpaired) electrons. The van der Waals surface area contributed by atoms with Gasteiger partial charge < -0.3 is 5.32 Å². The molecule has 0 spiro atoms. The average molecular weight is 262 g/mol. The summed E-state index contributed by atoms with van der Waals surface area (Å²) in [6.45, 7) is 3.51. The van der Waals surface area contributed by atoms with E-state index in [2.05, 4.69) is 10.3 Å². The number of nitrogens with one attached hydrogen (secondary N) is 1. The maximum absolute atomic E-state index is 11.7. The van der Waals surface area contributed by atoms with Gasteiger partial charge in [-0.1, -0.05) is 0 Å². The first-order valence-electron chi connectivity index (χ1n) is 5.03. The molecule has 0 amide bonds. The molecule has 1 heterocycles. The summed E-state index contributed by atoms with van der Waals surface area (Å²) in [6.07, 6.45) is 3.75. The molecule has 4 nitrogen and oxygen atoms in total. The van der Waals surface area contributed by atoms with E-state index in [-0.39, 0.29) is 6.04 Å². The Kier molecular flexibility index (Phi) is 4.09. The largest absolute Gasteiger partial charge is 0.315 e. The minimum atomic E-state index is -3.10. The van der Waals surface area contributed by atoms with Crippen molar-refractivity contribution >= 4 is 21.2 Å². The van der Waals surface area contributed by atoms with Gasteiger partial charge in [0.15, 0.2) is 9.84 Å². The number of rotatable bonds is 5. The first-order valence-corrected chi connectivity index (χ1v) is 7.80. The van der Waals surface area contributed by atoms with Crippen molar-refractivity contribution in [1.29, 1.82) is 0 Å². The fourth-order valence-corrected chi connectivity index (χ4v) is 2.86.